The standard InChI is InChI=1S/C47H45BN2S2/c1-26-22-35-40-36(23-26)50-34-20-16-28(46(5,6)7)24-32(34)31-12-11-13-38-39(31)42(50)44(52-38)48(40)43-41(33-25-29(47(8,9)10)17-21-37(33)51-43)49(35)30-18-14-27(15-19-30)45(2,3)4/h11-25H,1-10H3. The molecule has 0 amide bonds. The van der Waals surface area contributed by atoms with Gasteiger partial charge in [0.2, 0.25) is 0 Å². The number of aryl methyl sites for hydroxylation is 1. The lowest BCUT2D eigenvalue weighted by Gasteiger charge is -2.44. The second-order valence-electron chi connectivity index (χ2n) is 18.4. The topological polar surface area (TPSA) is 6.48 Å². The van der Waals surface area contributed by atoms with Crippen LogP contribution in [0.15, 0.2) is 91.0 Å². The van der Waals surface area contributed by atoms with Gasteiger partial charge in [0.1, 0.15) is 0 Å². The molecule has 0 N–H and O–H groups in total. The summed E-state index contributed by atoms with van der Waals surface area (Å²) in [6, 6.07) is 35.8. The van der Waals surface area contributed by atoms with Crippen molar-refractivity contribution >= 4 is 98.7 Å². The van der Waals surface area contributed by atoms with Gasteiger partial charge in [0.25, 0.3) is 6.71 Å². The Morgan fingerprint density at radius 3 is 1.81 bits per heavy atom. The van der Waals surface area contributed by atoms with Crippen molar-refractivity contribution in [2.45, 2.75) is 85.5 Å². The highest BCUT2D eigenvalue weighted by Crippen LogP contribution is 2.56. The molecule has 5 heteroatoms. The van der Waals surface area contributed by atoms with Crippen molar-refractivity contribution in [3.8, 4) is 11.1 Å². The van der Waals surface area contributed by atoms with Gasteiger partial charge in [-0.05, 0) is 111 Å². The fraction of sp³-hybridized carbons (Fsp3) is 0.277. The van der Waals surface area contributed by atoms with E-state index in [2.05, 4.69) is 170 Å². The van der Waals surface area contributed by atoms with E-state index in [1.165, 1.54) is 103 Å². The van der Waals surface area contributed by atoms with Crippen molar-refractivity contribution in [2.24, 2.45) is 0 Å². The molecule has 0 atom stereocenters. The summed E-state index contributed by atoms with van der Waals surface area (Å²) in [5.74, 6) is 0. The molecule has 5 heterocycles. The number of rotatable bonds is 1. The van der Waals surface area contributed by atoms with Crippen molar-refractivity contribution in [1.82, 2.24) is 0 Å². The zero-order valence-corrected chi connectivity index (χ0v) is 33.6. The van der Waals surface area contributed by atoms with Crippen LogP contribution in [0.25, 0.3) is 31.3 Å². The van der Waals surface area contributed by atoms with Crippen LogP contribution in [-0.4, -0.2) is 6.71 Å². The van der Waals surface area contributed by atoms with Crippen LogP contribution in [0.4, 0.5) is 34.1 Å². The van der Waals surface area contributed by atoms with Gasteiger partial charge in [0, 0.05) is 52.4 Å². The van der Waals surface area contributed by atoms with Gasteiger partial charge in [0.05, 0.1) is 17.1 Å². The van der Waals surface area contributed by atoms with Gasteiger partial charge in [-0.1, -0.05) is 98.7 Å². The molecule has 2 nitrogen and oxygen atoms in total. The van der Waals surface area contributed by atoms with Gasteiger partial charge < -0.3 is 9.80 Å². The molecule has 0 saturated carbocycles. The second kappa shape index (κ2) is 10.4. The Kier molecular flexibility index (Phi) is 6.48. The van der Waals surface area contributed by atoms with Crippen molar-refractivity contribution < 1.29 is 0 Å². The molecule has 52 heavy (non-hydrogen) atoms. The lowest BCUT2D eigenvalue weighted by molar-refractivity contribution is 0.590. The molecule has 10 rings (SSSR count). The fourth-order valence-corrected chi connectivity index (χ4v) is 11.6. The minimum atomic E-state index is 0.0517. The van der Waals surface area contributed by atoms with Crippen LogP contribution < -0.4 is 24.8 Å². The first kappa shape index (κ1) is 32.3. The largest absolute Gasteiger partial charge is 0.310 e. The third-order valence-corrected chi connectivity index (χ3v) is 14.1. The summed E-state index contributed by atoms with van der Waals surface area (Å²) in [7, 11) is 0. The number of benzene rings is 5. The predicted molar refractivity (Wildman–Crippen MR) is 231 cm³/mol. The summed E-state index contributed by atoms with van der Waals surface area (Å²) >= 11 is 4.01. The van der Waals surface area contributed by atoms with E-state index < -0.39 is 0 Å². The van der Waals surface area contributed by atoms with Crippen LogP contribution in [0.2, 0.25) is 0 Å². The zero-order valence-electron chi connectivity index (χ0n) is 31.9. The minimum Gasteiger partial charge on any atom is -0.310 e. The Morgan fingerprint density at radius 1 is 0.519 bits per heavy atom. The van der Waals surface area contributed by atoms with Crippen molar-refractivity contribution in [3.63, 3.8) is 0 Å². The SMILES string of the molecule is Cc1cc2c3c(c1)N1c4ccc(C(C)(C)C)cc4-c4cccc5sc(c1c45)B3c1sc3ccc(C(C)(C)C)cc3c1N2c1ccc(C(C)(C)C)cc1. The molecule has 0 radical (unpaired) electrons. The van der Waals surface area contributed by atoms with Crippen LogP contribution in [0, 0.1) is 6.92 Å². The summed E-state index contributed by atoms with van der Waals surface area (Å²) in [6.07, 6.45) is 0. The van der Waals surface area contributed by atoms with Gasteiger partial charge in [-0.25, -0.2) is 0 Å². The molecular formula is C47H45BN2S2. The van der Waals surface area contributed by atoms with E-state index in [4.69, 9.17) is 0 Å². The second-order valence-corrected chi connectivity index (χ2v) is 20.5. The molecular weight excluding hydrogens is 667 g/mol. The van der Waals surface area contributed by atoms with Crippen molar-refractivity contribution in [3.05, 3.63) is 113 Å². The van der Waals surface area contributed by atoms with E-state index >= 15 is 0 Å². The number of hydrogen-bond acceptors (Lipinski definition) is 4. The smallest absolute Gasteiger partial charge is 0.277 e. The molecule has 7 aromatic rings. The maximum absolute atomic E-state index is 2.64. The van der Waals surface area contributed by atoms with E-state index in [1.807, 2.05) is 22.7 Å². The Hall–Kier alpha value is -4.32. The van der Waals surface area contributed by atoms with Crippen molar-refractivity contribution in [1.29, 1.82) is 0 Å². The Bertz CT molecular complexity index is 2650. The molecule has 258 valence electrons. The molecule has 0 fully saturated rings. The first-order chi connectivity index (χ1) is 24.6. The van der Waals surface area contributed by atoms with E-state index in [9.17, 15) is 0 Å². The van der Waals surface area contributed by atoms with E-state index in [0.717, 1.165) is 0 Å². The van der Waals surface area contributed by atoms with Crippen LogP contribution in [0.5, 0.6) is 0 Å². The summed E-state index contributed by atoms with van der Waals surface area (Å²) < 4.78 is 5.66. The zero-order chi connectivity index (χ0) is 36.2. The highest BCUT2D eigenvalue weighted by atomic mass is 32.1. The number of nitrogens with zero attached hydrogens (tertiary/aromatic N) is 2. The molecule has 0 spiro atoms. The number of fused-ring (bicyclic) bond motifs is 9. The monoisotopic (exact) mass is 712 g/mol. The molecule has 0 unspecified atom stereocenters. The van der Waals surface area contributed by atoms with Gasteiger partial charge in [-0.2, -0.15) is 0 Å². The third kappa shape index (κ3) is 4.42. The van der Waals surface area contributed by atoms with Gasteiger partial charge >= 0.3 is 0 Å². The molecule has 0 saturated heterocycles. The average molecular weight is 713 g/mol. The maximum Gasteiger partial charge on any atom is 0.277 e. The lowest BCUT2D eigenvalue weighted by atomic mass is 9.39. The highest BCUT2D eigenvalue weighted by Gasteiger charge is 2.48. The normalized spacial score (nSPS) is 14.6. The molecule has 3 aliphatic rings. The molecule has 0 aliphatic carbocycles. The number of anilines is 6. The Labute approximate surface area is 316 Å². The summed E-state index contributed by atoms with van der Waals surface area (Å²) in [4.78, 5) is 5.26. The van der Waals surface area contributed by atoms with Crippen LogP contribution in [0.3, 0.4) is 0 Å². The molecule has 5 aromatic carbocycles. The Morgan fingerprint density at radius 2 is 1.12 bits per heavy atom. The van der Waals surface area contributed by atoms with Gasteiger partial charge in [-0.15, -0.1) is 22.7 Å². The first-order valence-electron chi connectivity index (χ1n) is 18.7. The summed E-state index contributed by atoms with van der Waals surface area (Å²) in [6.45, 7) is 23.3. The van der Waals surface area contributed by atoms with Crippen molar-refractivity contribution in [2.75, 3.05) is 9.80 Å². The molecule has 0 bridgehead atoms. The molecule has 3 aliphatic heterocycles. The maximum atomic E-state index is 2.64. The summed E-state index contributed by atoms with van der Waals surface area (Å²) in [5.41, 5.74) is 17.6. The van der Waals surface area contributed by atoms with Crippen LogP contribution in [0.1, 0.15) is 84.6 Å². The fourth-order valence-electron chi connectivity index (χ4n) is 8.88. The highest BCUT2D eigenvalue weighted by molar-refractivity contribution is 7.40. The Balaban J connectivity index is 1.33. The number of thiophene rings is 2. The van der Waals surface area contributed by atoms with Gasteiger partial charge in [-0.3, -0.25) is 0 Å². The predicted octanol–water partition coefficient (Wildman–Crippen LogP) is 12.4. The third-order valence-electron chi connectivity index (χ3n) is 11.7. The lowest BCUT2D eigenvalue weighted by Crippen LogP contribution is -2.59. The van der Waals surface area contributed by atoms with Crippen LogP contribution >= 0.6 is 22.7 Å². The number of hydrogen-bond donors (Lipinski definition) is 0. The first-order valence-corrected chi connectivity index (χ1v) is 20.4. The van der Waals surface area contributed by atoms with E-state index in [0.29, 0.717) is 0 Å². The van der Waals surface area contributed by atoms with E-state index in [-0.39, 0.29) is 23.0 Å². The van der Waals surface area contributed by atoms with Crippen LogP contribution in [-0.2, 0) is 16.2 Å². The van der Waals surface area contributed by atoms with Gasteiger partial charge in [0.15, 0.2) is 0 Å². The van der Waals surface area contributed by atoms with E-state index in [1.54, 1.807) is 0 Å². The summed E-state index contributed by atoms with van der Waals surface area (Å²) in [5, 5.41) is 2.77. The minimum absolute atomic E-state index is 0.0517. The molecule has 2 aromatic heterocycles. The quantitative estimate of drug-likeness (QED) is 0.156. The average Bonchev–Trinajstić information content (AvgIpc) is 3.66.